The molecular formula is C27H23ClN2O3. The standard InChI is InChI=1S/C27H23ClN2O3/c1-3-16-33-27(32)19-10-14-21(15-11-19)29-26(31)24-17(2)25(18-8-12-20(28)13-9-18)30-23-7-5-4-6-22(23)24/h4-15H,3,16H2,1-2H3,(H,29,31). The van der Waals surface area contributed by atoms with Crippen LogP contribution in [0.15, 0.2) is 72.8 Å². The van der Waals surface area contributed by atoms with Crippen LogP contribution in [0.4, 0.5) is 5.69 Å². The molecule has 1 aromatic heterocycles. The maximum Gasteiger partial charge on any atom is 0.338 e. The minimum atomic E-state index is -0.377. The normalized spacial score (nSPS) is 10.8. The van der Waals surface area contributed by atoms with Crippen LogP contribution >= 0.6 is 11.6 Å². The number of amides is 1. The van der Waals surface area contributed by atoms with Crippen LogP contribution in [-0.4, -0.2) is 23.5 Å². The van der Waals surface area contributed by atoms with Gasteiger partial charge in [0.05, 0.1) is 28.9 Å². The number of esters is 1. The summed E-state index contributed by atoms with van der Waals surface area (Å²) >= 11 is 6.05. The Hall–Kier alpha value is -3.70. The number of fused-ring (bicyclic) bond motifs is 1. The van der Waals surface area contributed by atoms with E-state index in [9.17, 15) is 9.59 Å². The lowest BCUT2D eigenvalue weighted by Gasteiger charge is -2.15. The SMILES string of the molecule is CCCOC(=O)c1ccc(NC(=O)c2c(C)c(-c3ccc(Cl)cc3)nc3ccccc23)cc1. The third-order valence-corrected chi connectivity index (χ3v) is 5.55. The first-order valence-electron chi connectivity index (χ1n) is 10.7. The van der Waals surface area contributed by atoms with Crippen molar-refractivity contribution in [2.24, 2.45) is 0 Å². The minimum absolute atomic E-state index is 0.248. The zero-order chi connectivity index (χ0) is 23.4. The Kier molecular flexibility index (Phi) is 6.71. The summed E-state index contributed by atoms with van der Waals surface area (Å²) in [4.78, 5) is 30.2. The molecule has 0 fully saturated rings. The van der Waals surface area contributed by atoms with Crippen molar-refractivity contribution in [3.63, 3.8) is 0 Å². The number of nitrogens with one attached hydrogen (secondary N) is 1. The monoisotopic (exact) mass is 458 g/mol. The van der Waals surface area contributed by atoms with Crippen molar-refractivity contribution in [1.29, 1.82) is 0 Å². The summed E-state index contributed by atoms with van der Waals surface area (Å²) in [5.74, 6) is -0.624. The zero-order valence-electron chi connectivity index (χ0n) is 18.4. The number of ether oxygens (including phenoxy) is 1. The molecule has 33 heavy (non-hydrogen) atoms. The van der Waals surface area contributed by atoms with E-state index in [1.54, 1.807) is 36.4 Å². The number of hydrogen-bond acceptors (Lipinski definition) is 4. The van der Waals surface area contributed by atoms with Crippen LogP contribution in [-0.2, 0) is 4.74 Å². The molecule has 0 radical (unpaired) electrons. The van der Waals surface area contributed by atoms with E-state index in [1.165, 1.54) is 0 Å². The quantitative estimate of drug-likeness (QED) is 0.327. The first-order chi connectivity index (χ1) is 16.0. The van der Waals surface area contributed by atoms with Crippen molar-refractivity contribution in [2.45, 2.75) is 20.3 Å². The van der Waals surface area contributed by atoms with E-state index in [0.29, 0.717) is 28.4 Å². The highest BCUT2D eigenvalue weighted by Crippen LogP contribution is 2.31. The fourth-order valence-corrected chi connectivity index (χ4v) is 3.78. The predicted octanol–water partition coefficient (Wildman–Crippen LogP) is 6.68. The summed E-state index contributed by atoms with van der Waals surface area (Å²) in [6.45, 7) is 4.21. The van der Waals surface area contributed by atoms with Gasteiger partial charge in [-0.3, -0.25) is 4.79 Å². The minimum Gasteiger partial charge on any atom is -0.462 e. The summed E-state index contributed by atoms with van der Waals surface area (Å²) < 4.78 is 5.15. The van der Waals surface area contributed by atoms with Crippen LogP contribution in [0, 0.1) is 6.92 Å². The number of carbonyl (C=O) groups is 2. The fraction of sp³-hybridized carbons (Fsp3) is 0.148. The molecular weight excluding hydrogens is 436 g/mol. The Morgan fingerprint density at radius 3 is 2.36 bits per heavy atom. The molecule has 166 valence electrons. The van der Waals surface area contributed by atoms with Crippen LogP contribution in [0.25, 0.3) is 22.2 Å². The van der Waals surface area contributed by atoms with Gasteiger partial charge in [0.1, 0.15) is 0 Å². The summed E-state index contributed by atoms with van der Waals surface area (Å²) in [6.07, 6.45) is 0.761. The van der Waals surface area contributed by atoms with E-state index in [0.717, 1.165) is 34.1 Å². The zero-order valence-corrected chi connectivity index (χ0v) is 19.1. The van der Waals surface area contributed by atoms with Gasteiger partial charge >= 0.3 is 5.97 Å². The molecule has 0 spiro atoms. The molecule has 4 aromatic rings. The lowest BCUT2D eigenvalue weighted by molar-refractivity contribution is 0.0505. The van der Waals surface area contributed by atoms with Gasteiger partial charge in [-0.25, -0.2) is 9.78 Å². The molecule has 0 atom stereocenters. The summed E-state index contributed by atoms with van der Waals surface area (Å²) in [5, 5.41) is 4.35. The Morgan fingerprint density at radius 1 is 0.970 bits per heavy atom. The summed E-state index contributed by atoms with van der Waals surface area (Å²) in [6, 6.07) is 21.6. The molecule has 6 heteroatoms. The molecule has 0 saturated carbocycles. The number of pyridine rings is 1. The van der Waals surface area contributed by atoms with Crippen molar-refractivity contribution in [1.82, 2.24) is 4.98 Å². The number of halogens is 1. The average molecular weight is 459 g/mol. The topological polar surface area (TPSA) is 68.3 Å². The number of hydrogen-bond donors (Lipinski definition) is 1. The molecule has 1 N–H and O–H groups in total. The molecule has 0 aliphatic heterocycles. The third kappa shape index (κ3) is 4.89. The molecule has 3 aromatic carbocycles. The van der Waals surface area contributed by atoms with Crippen molar-refractivity contribution in [2.75, 3.05) is 11.9 Å². The maximum atomic E-state index is 13.4. The number of rotatable bonds is 6. The largest absolute Gasteiger partial charge is 0.462 e. The van der Waals surface area contributed by atoms with E-state index in [4.69, 9.17) is 21.3 Å². The molecule has 0 saturated heterocycles. The number of aromatic nitrogens is 1. The number of nitrogens with zero attached hydrogens (tertiary/aromatic N) is 1. The summed E-state index contributed by atoms with van der Waals surface area (Å²) in [5.41, 5.74) is 4.69. The number of para-hydroxylation sites is 1. The highest BCUT2D eigenvalue weighted by atomic mass is 35.5. The Bertz CT molecular complexity index is 1320. The van der Waals surface area contributed by atoms with Crippen molar-refractivity contribution in [3.8, 4) is 11.3 Å². The number of anilines is 1. The third-order valence-electron chi connectivity index (χ3n) is 5.30. The van der Waals surface area contributed by atoms with Gasteiger partial charge in [0.25, 0.3) is 5.91 Å². The van der Waals surface area contributed by atoms with Gasteiger partial charge in [0, 0.05) is 21.7 Å². The van der Waals surface area contributed by atoms with Gasteiger partial charge in [-0.2, -0.15) is 0 Å². The van der Waals surface area contributed by atoms with Crippen LogP contribution in [0.3, 0.4) is 0 Å². The molecule has 0 aliphatic rings. The van der Waals surface area contributed by atoms with Crippen LogP contribution < -0.4 is 5.32 Å². The smallest absolute Gasteiger partial charge is 0.338 e. The van der Waals surface area contributed by atoms with E-state index in [1.807, 2.05) is 50.2 Å². The predicted molar refractivity (Wildman–Crippen MR) is 132 cm³/mol. The van der Waals surface area contributed by atoms with Crippen molar-refractivity contribution >= 4 is 40.1 Å². The van der Waals surface area contributed by atoms with Gasteiger partial charge < -0.3 is 10.1 Å². The second kappa shape index (κ2) is 9.84. The molecule has 0 unspecified atom stereocenters. The van der Waals surface area contributed by atoms with Gasteiger partial charge in [0.2, 0.25) is 0 Å². The second-order valence-electron chi connectivity index (χ2n) is 7.65. The summed E-state index contributed by atoms with van der Waals surface area (Å²) in [7, 11) is 0. The Labute approximate surface area is 197 Å². The highest BCUT2D eigenvalue weighted by Gasteiger charge is 2.19. The molecule has 0 bridgehead atoms. The maximum absolute atomic E-state index is 13.4. The van der Waals surface area contributed by atoms with Gasteiger partial charge in [0.15, 0.2) is 0 Å². The van der Waals surface area contributed by atoms with E-state index in [-0.39, 0.29) is 11.9 Å². The highest BCUT2D eigenvalue weighted by molar-refractivity contribution is 6.30. The van der Waals surface area contributed by atoms with Gasteiger partial charge in [-0.15, -0.1) is 0 Å². The number of benzene rings is 3. The van der Waals surface area contributed by atoms with Crippen LogP contribution in [0.1, 0.15) is 39.6 Å². The fourth-order valence-electron chi connectivity index (χ4n) is 3.65. The van der Waals surface area contributed by atoms with Crippen LogP contribution in [0.5, 0.6) is 0 Å². The lowest BCUT2D eigenvalue weighted by atomic mass is 9.97. The van der Waals surface area contributed by atoms with Crippen LogP contribution in [0.2, 0.25) is 5.02 Å². The van der Waals surface area contributed by atoms with Crippen molar-refractivity contribution in [3.05, 3.63) is 94.5 Å². The van der Waals surface area contributed by atoms with Crippen molar-refractivity contribution < 1.29 is 14.3 Å². The Balaban J connectivity index is 1.68. The molecule has 4 rings (SSSR count). The molecule has 0 aliphatic carbocycles. The molecule has 1 amide bonds. The van der Waals surface area contributed by atoms with E-state index >= 15 is 0 Å². The number of carbonyl (C=O) groups excluding carboxylic acids is 2. The van der Waals surface area contributed by atoms with E-state index < -0.39 is 0 Å². The Morgan fingerprint density at radius 2 is 1.67 bits per heavy atom. The first-order valence-corrected chi connectivity index (χ1v) is 11.1. The van der Waals surface area contributed by atoms with Gasteiger partial charge in [-0.1, -0.05) is 48.9 Å². The molecule has 1 heterocycles. The van der Waals surface area contributed by atoms with E-state index in [2.05, 4.69) is 5.32 Å². The van der Waals surface area contributed by atoms with Gasteiger partial charge in [-0.05, 0) is 61.4 Å². The molecule has 5 nitrogen and oxygen atoms in total. The first kappa shape index (κ1) is 22.5. The lowest BCUT2D eigenvalue weighted by Crippen LogP contribution is -2.15. The second-order valence-corrected chi connectivity index (χ2v) is 8.09. The average Bonchev–Trinajstić information content (AvgIpc) is 2.83.